The number of halogens is 4. The molecule has 33 heavy (non-hydrogen) atoms. The Morgan fingerprint density at radius 2 is 1.94 bits per heavy atom. The van der Waals surface area contributed by atoms with E-state index in [4.69, 9.17) is 17.3 Å². The SMILES string of the molecule is CN1CCc2cc(Nc3nnc(C(N)=O)c(Nc4cccc(C(F)(F)F)c4)n3)c(Cl)cc2C1. The number of aromatic nitrogens is 3. The van der Waals surface area contributed by atoms with Crippen LogP contribution >= 0.6 is 11.6 Å². The lowest BCUT2D eigenvalue weighted by molar-refractivity contribution is -0.137. The fraction of sp³-hybridized carbons (Fsp3) is 0.238. The fourth-order valence-corrected chi connectivity index (χ4v) is 3.71. The van der Waals surface area contributed by atoms with Gasteiger partial charge in [-0.3, -0.25) is 4.79 Å². The van der Waals surface area contributed by atoms with Gasteiger partial charge in [0, 0.05) is 18.8 Å². The van der Waals surface area contributed by atoms with Crippen LogP contribution < -0.4 is 16.4 Å². The largest absolute Gasteiger partial charge is 0.416 e. The van der Waals surface area contributed by atoms with E-state index in [9.17, 15) is 18.0 Å². The smallest absolute Gasteiger partial charge is 0.364 e. The molecule has 0 unspecified atom stereocenters. The summed E-state index contributed by atoms with van der Waals surface area (Å²) in [5.74, 6) is -1.09. The van der Waals surface area contributed by atoms with Gasteiger partial charge in [0.1, 0.15) is 0 Å². The number of likely N-dealkylation sites (N-methyl/N-ethyl adjacent to an activating group) is 1. The molecule has 0 saturated heterocycles. The molecule has 2 heterocycles. The van der Waals surface area contributed by atoms with E-state index in [0.29, 0.717) is 10.7 Å². The zero-order chi connectivity index (χ0) is 23.8. The maximum atomic E-state index is 13.0. The van der Waals surface area contributed by atoms with Gasteiger partial charge in [-0.15, -0.1) is 10.2 Å². The first-order chi connectivity index (χ1) is 15.6. The fourth-order valence-electron chi connectivity index (χ4n) is 3.48. The number of benzene rings is 2. The summed E-state index contributed by atoms with van der Waals surface area (Å²) >= 11 is 6.42. The summed E-state index contributed by atoms with van der Waals surface area (Å²) in [6, 6.07) is 8.20. The van der Waals surface area contributed by atoms with Crippen molar-refractivity contribution in [2.45, 2.75) is 19.1 Å². The number of fused-ring (bicyclic) bond motifs is 1. The van der Waals surface area contributed by atoms with E-state index in [1.807, 2.05) is 19.2 Å². The van der Waals surface area contributed by atoms with Gasteiger partial charge in [-0.05, 0) is 54.9 Å². The highest BCUT2D eigenvalue weighted by molar-refractivity contribution is 6.33. The normalized spacial score (nSPS) is 14.0. The molecule has 1 aromatic heterocycles. The van der Waals surface area contributed by atoms with Gasteiger partial charge in [0.05, 0.1) is 16.3 Å². The predicted molar refractivity (Wildman–Crippen MR) is 118 cm³/mol. The summed E-state index contributed by atoms with van der Waals surface area (Å²) in [6.07, 6.45) is -3.68. The van der Waals surface area contributed by atoms with Crippen LogP contribution in [0.1, 0.15) is 27.2 Å². The number of rotatable bonds is 5. The molecule has 0 atom stereocenters. The molecule has 0 spiro atoms. The van der Waals surface area contributed by atoms with Gasteiger partial charge in [-0.25, -0.2) is 0 Å². The van der Waals surface area contributed by atoms with Gasteiger partial charge >= 0.3 is 6.18 Å². The molecule has 1 aliphatic rings. The molecule has 0 fully saturated rings. The number of hydrogen-bond donors (Lipinski definition) is 3. The molecule has 0 radical (unpaired) electrons. The Bertz CT molecular complexity index is 1220. The molecule has 172 valence electrons. The second kappa shape index (κ2) is 8.83. The summed E-state index contributed by atoms with van der Waals surface area (Å²) in [6.45, 7) is 1.69. The first-order valence-electron chi connectivity index (χ1n) is 9.86. The Morgan fingerprint density at radius 1 is 1.15 bits per heavy atom. The summed E-state index contributed by atoms with van der Waals surface area (Å²) in [7, 11) is 2.03. The third-order valence-corrected chi connectivity index (χ3v) is 5.42. The molecule has 2 aromatic carbocycles. The van der Waals surface area contributed by atoms with E-state index in [-0.39, 0.29) is 23.1 Å². The molecular weight excluding hydrogens is 459 g/mol. The number of carbonyl (C=O) groups excluding carboxylic acids is 1. The average Bonchev–Trinajstić information content (AvgIpc) is 2.74. The van der Waals surface area contributed by atoms with Gasteiger partial charge in [-0.2, -0.15) is 18.2 Å². The van der Waals surface area contributed by atoms with Crippen LogP contribution in [-0.2, 0) is 19.1 Å². The first kappa shape index (κ1) is 22.7. The molecule has 4 rings (SSSR count). The zero-order valence-electron chi connectivity index (χ0n) is 17.4. The highest BCUT2D eigenvalue weighted by atomic mass is 35.5. The second-order valence-corrected chi connectivity index (χ2v) is 8.02. The Balaban J connectivity index is 1.64. The van der Waals surface area contributed by atoms with Crippen molar-refractivity contribution in [3.63, 3.8) is 0 Å². The molecule has 1 amide bonds. The molecule has 1 aliphatic heterocycles. The van der Waals surface area contributed by atoms with E-state index < -0.39 is 17.6 Å². The highest BCUT2D eigenvalue weighted by Crippen LogP contribution is 2.33. The lowest BCUT2D eigenvalue weighted by Gasteiger charge is -2.26. The lowest BCUT2D eigenvalue weighted by Crippen LogP contribution is -2.26. The molecule has 4 N–H and O–H groups in total. The Hall–Kier alpha value is -3.44. The lowest BCUT2D eigenvalue weighted by atomic mass is 9.99. The minimum atomic E-state index is -4.53. The van der Waals surface area contributed by atoms with Crippen LogP contribution in [-0.4, -0.2) is 39.6 Å². The standard InChI is InChI=1S/C21H19ClF3N7O/c1-32-6-5-11-8-16(15(22)7-12(11)10-32)28-20-29-19(17(18(26)33)30-31-20)27-14-4-2-3-13(9-14)21(23,24)25/h2-4,7-9H,5-6,10H2,1H3,(H2,26,33)(H2,27,28,29,31). The predicted octanol–water partition coefficient (Wildman–Crippen LogP) is 4.12. The van der Waals surface area contributed by atoms with Crippen molar-refractivity contribution in [3.05, 3.63) is 63.8 Å². The summed E-state index contributed by atoms with van der Waals surface area (Å²) in [4.78, 5) is 18.1. The molecule has 12 heteroatoms. The van der Waals surface area contributed by atoms with Gasteiger partial charge in [0.15, 0.2) is 11.5 Å². The number of nitrogens with one attached hydrogen (secondary N) is 2. The van der Waals surface area contributed by atoms with Gasteiger partial charge in [0.25, 0.3) is 5.91 Å². The van der Waals surface area contributed by atoms with Crippen molar-refractivity contribution in [1.29, 1.82) is 0 Å². The van der Waals surface area contributed by atoms with Crippen LogP contribution in [0.2, 0.25) is 5.02 Å². The molecule has 0 bridgehead atoms. The summed E-state index contributed by atoms with van der Waals surface area (Å²) in [5, 5.41) is 13.7. The van der Waals surface area contributed by atoms with E-state index >= 15 is 0 Å². The van der Waals surface area contributed by atoms with Crippen LogP contribution in [0.3, 0.4) is 0 Å². The van der Waals surface area contributed by atoms with Crippen LogP contribution in [0.25, 0.3) is 0 Å². The minimum absolute atomic E-state index is 0.00995. The van der Waals surface area contributed by atoms with Crippen molar-refractivity contribution in [3.8, 4) is 0 Å². The van der Waals surface area contributed by atoms with Crippen LogP contribution in [0.4, 0.5) is 36.3 Å². The second-order valence-electron chi connectivity index (χ2n) is 7.61. The Labute approximate surface area is 192 Å². The van der Waals surface area contributed by atoms with Crippen molar-refractivity contribution in [2.24, 2.45) is 5.73 Å². The molecule has 0 saturated carbocycles. The summed E-state index contributed by atoms with van der Waals surface area (Å²) in [5.41, 5.74) is 6.99. The molecule has 0 aliphatic carbocycles. The number of anilines is 4. The minimum Gasteiger partial charge on any atom is -0.364 e. The number of nitrogens with two attached hydrogens (primary N) is 1. The number of carbonyl (C=O) groups is 1. The van der Waals surface area contributed by atoms with Crippen molar-refractivity contribution >= 4 is 40.6 Å². The number of primary amides is 1. The van der Waals surface area contributed by atoms with Gasteiger partial charge in [0.2, 0.25) is 5.95 Å². The number of alkyl halides is 3. The monoisotopic (exact) mass is 477 g/mol. The van der Waals surface area contributed by atoms with E-state index in [1.165, 1.54) is 12.1 Å². The molecular formula is C21H19ClF3N7O. The van der Waals surface area contributed by atoms with Crippen LogP contribution in [0, 0.1) is 0 Å². The molecule has 3 aromatic rings. The van der Waals surface area contributed by atoms with Crippen LogP contribution in [0.15, 0.2) is 36.4 Å². The maximum Gasteiger partial charge on any atom is 0.416 e. The van der Waals surface area contributed by atoms with Gasteiger partial charge in [-0.1, -0.05) is 17.7 Å². The average molecular weight is 478 g/mol. The van der Waals surface area contributed by atoms with E-state index in [0.717, 1.165) is 42.8 Å². The van der Waals surface area contributed by atoms with E-state index in [1.54, 1.807) is 0 Å². The van der Waals surface area contributed by atoms with Crippen molar-refractivity contribution in [2.75, 3.05) is 24.2 Å². The van der Waals surface area contributed by atoms with E-state index in [2.05, 4.69) is 30.7 Å². The Morgan fingerprint density at radius 3 is 2.67 bits per heavy atom. The maximum absolute atomic E-state index is 13.0. The quantitative estimate of drug-likeness (QED) is 0.507. The Kier molecular flexibility index (Phi) is 6.09. The van der Waals surface area contributed by atoms with Gasteiger partial charge < -0.3 is 21.3 Å². The number of amides is 1. The number of nitrogens with zero attached hydrogens (tertiary/aromatic N) is 4. The first-order valence-corrected chi connectivity index (χ1v) is 10.2. The van der Waals surface area contributed by atoms with Crippen molar-refractivity contribution < 1.29 is 18.0 Å². The number of hydrogen-bond acceptors (Lipinski definition) is 7. The topological polar surface area (TPSA) is 109 Å². The zero-order valence-corrected chi connectivity index (χ0v) is 18.1. The highest BCUT2D eigenvalue weighted by Gasteiger charge is 2.30. The third kappa shape index (κ3) is 5.15. The molecule has 8 nitrogen and oxygen atoms in total. The van der Waals surface area contributed by atoms with Crippen molar-refractivity contribution in [1.82, 2.24) is 20.1 Å². The third-order valence-electron chi connectivity index (χ3n) is 5.11. The van der Waals surface area contributed by atoms with Crippen LogP contribution in [0.5, 0.6) is 0 Å². The summed E-state index contributed by atoms with van der Waals surface area (Å²) < 4.78 is 39.1.